The molecule has 1 N–H and O–H groups in total. The molecule has 152 valence electrons. The van der Waals surface area contributed by atoms with Crippen LogP contribution in [-0.4, -0.2) is 52.6 Å². The zero-order chi connectivity index (χ0) is 20.6. The van der Waals surface area contributed by atoms with Crippen LogP contribution in [0.5, 0.6) is 0 Å². The van der Waals surface area contributed by atoms with E-state index < -0.39 is 9.84 Å². The van der Waals surface area contributed by atoms with Crippen LogP contribution in [0, 0.1) is 0 Å². The number of nitrogens with one attached hydrogen (secondary N) is 1. The van der Waals surface area contributed by atoms with Crippen LogP contribution in [0.25, 0.3) is 16.9 Å². The minimum atomic E-state index is -2.89. The van der Waals surface area contributed by atoms with Gasteiger partial charge in [0.1, 0.15) is 0 Å². The van der Waals surface area contributed by atoms with Gasteiger partial charge >= 0.3 is 0 Å². The van der Waals surface area contributed by atoms with Crippen LogP contribution in [0.15, 0.2) is 67.0 Å². The van der Waals surface area contributed by atoms with Crippen molar-refractivity contribution in [1.29, 1.82) is 0 Å². The number of hydrogen-bond donors (Lipinski definition) is 1. The summed E-state index contributed by atoms with van der Waals surface area (Å²) in [6.45, 7) is 1.06. The summed E-state index contributed by atoms with van der Waals surface area (Å²) < 4.78 is 25.0. The SMILES string of the molecule is O=S1(=O)CCN(c2ccc(Nc3nc4cccc(-c5cccnc5)n4n3)cc2)CC1. The number of sulfone groups is 1. The summed E-state index contributed by atoms with van der Waals surface area (Å²) >= 11 is 0. The van der Waals surface area contributed by atoms with E-state index in [1.807, 2.05) is 54.6 Å². The summed E-state index contributed by atoms with van der Waals surface area (Å²) in [4.78, 5) is 10.8. The Kier molecular flexibility index (Phi) is 4.59. The zero-order valence-corrected chi connectivity index (χ0v) is 17.0. The maximum absolute atomic E-state index is 11.6. The first-order valence-corrected chi connectivity index (χ1v) is 11.5. The van der Waals surface area contributed by atoms with Gasteiger partial charge in [-0.25, -0.2) is 12.9 Å². The van der Waals surface area contributed by atoms with Crippen molar-refractivity contribution in [2.75, 3.05) is 34.8 Å². The molecule has 1 aliphatic heterocycles. The molecule has 8 nitrogen and oxygen atoms in total. The van der Waals surface area contributed by atoms with Crippen molar-refractivity contribution in [2.24, 2.45) is 0 Å². The Hall–Kier alpha value is -3.46. The molecule has 1 saturated heterocycles. The second-order valence-corrected chi connectivity index (χ2v) is 9.47. The molecule has 0 radical (unpaired) electrons. The summed E-state index contributed by atoms with van der Waals surface area (Å²) in [6.07, 6.45) is 3.54. The standard InChI is InChI=1S/C21H20N6O2S/c28-30(29)13-11-26(12-14-30)18-8-6-17(7-9-18)23-21-24-20-5-1-4-19(27(20)25-21)16-3-2-10-22-15-16/h1-10,15H,11-14H2,(H,23,25). The van der Waals surface area contributed by atoms with Crippen LogP contribution in [0.3, 0.4) is 0 Å². The number of fused-ring (bicyclic) bond motifs is 1. The average molecular weight is 420 g/mol. The van der Waals surface area contributed by atoms with Gasteiger partial charge in [-0.1, -0.05) is 6.07 Å². The van der Waals surface area contributed by atoms with E-state index in [1.165, 1.54) is 0 Å². The van der Waals surface area contributed by atoms with Crippen molar-refractivity contribution in [2.45, 2.75) is 0 Å². The van der Waals surface area contributed by atoms with Crippen molar-refractivity contribution < 1.29 is 8.42 Å². The maximum Gasteiger partial charge on any atom is 0.247 e. The maximum atomic E-state index is 11.6. The second kappa shape index (κ2) is 7.42. The summed E-state index contributed by atoms with van der Waals surface area (Å²) in [6, 6.07) is 17.6. The predicted octanol–water partition coefficient (Wildman–Crippen LogP) is 2.77. The van der Waals surface area contributed by atoms with Crippen LogP contribution < -0.4 is 10.2 Å². The molecular weight excluding hydrogens is 400 g/mol. The molecule has 1 fully saturated rings. The number of aromatic nitrogens is 4. The second-order valence-electron chi connectivity index (χ2n) is 7.17. The van der Waals surface area contributed by atoms with Crippen molar-refractivity contribution in [3.8, 4) is 11.3 Å². The number of pyridine rings is 2. The van der Waals surface area contributed by atoms with Gasteiger partial charge < -0.3 is 10.2 Å². The van der Waals surface area contributed by atoms with Crippen LogP contribution in [0.2, 0.25) is 0 Å². The lowest BCUT2D eigenvalue weighted by Gasteiger charge is -2.28. The third-order valence-electron chi connectivity index (χ3n) is 5.15. The molecule has 1 aromatic carbocycles. The van der Waals surface area contributed by atoms with Crippen molar-refractivity contribution in [3.63, 3.8) is 0 Å². The topological polar surface area (TPSA) is 92.5 Å². The first-order chi connectivity index (χ1) is 14.6. The third-order valence-corrected chi connectivity index (χ3v) is 6.76. The fraction of sp³-hybridized carbons (Fsp3) is 0.190. The zero-order valence-electron chi connectivity index (χ0n) is 16.1. The normalized spacial score (nSPS) is 15.9. The molecule has 0 amide bonds. The minimum absolute atomic E-state index is 0.206. The number of nitrogens with zero attached hydrogens (tertiary/aromatic N) is 5. The van der Waals surface area contributed by atoms with E-state index in [4.69, 9.17) is 0 Å². The van der Waals surface area contributed by atoms with Gasteiger partial charge in [-0.2, -0.15) is 4.98 Å². The highest BCUT2D eigenvalue weighted by molar-refractivity contribution is 7.91. The van der Waals surface area contributed by atoms with Gasteiger partial charge in [0, 0.05) is 42.4 Å². The molecule has 0 atom stereocenters. The van der Waals surface area contributed by atoms with Gasteiger partial charge in [-0.3, -0.25) is 4.98 Å². The monoisotopic (exact) mass is 420 g/mol. The van der Waals surface area contributed by atoms with Gasteiger partial charge in [-0.15, -0.1) is 5.10 Å². The van der Waals surface area contributed by atoms with Crippen molar-refractivity contribution in [3.05, 3.63) is 67.0 Å². The van der Waals surface area contributed by atoms with Crippen LogP contribution in [0.1, 0.15) is 0 Å². The van der Waals surface area contributed by atoms with Gasteiger partial charge in [-0.05, 0) is 48.5 Å². The summed E-state index contributed by atoms with van der Waals surface area (Å²) in [5.41, 5.74) is 4.49. The lowest BCUT2D eigenvalue weighted by Crippen LogP contribution is -2.40. The lowest BCUT2D eigenvalue weighted by atomic mass is 10.2. The van der Waals surface area contributed by atoms with E-state index in [2.05, 4.69) is 25.3 Å². The van der Waals surface area contributed by atoms with Gasteiger partial charge in [0.15, 0.2) is 15.5 Å². The van der Waals surface area contributed by atoms with Crippen LogP contribution in [-0.2, 0) is 9.84 Å². The van der Waals surface area contributed by atoms with Gasteiger partial charge in [0.2, 0.25) is 5.95 Å². The fourth-order valence-electron chi connectivity index (χ4n) is 3.55. The van der Waals surface area contributed by atoms with E-state index >= 15 is 0 Å². The van der Waals surface area contributed by atoms with Gasteiger partial charge in [0.25, 0.3) is 0 Å². The molecule has 1 aliphatic rings. The number of rotatable bonds is 4. The van der Waals surface area contributed by atoms with Crippen LogP contribution in [0.4, 0.5) is 17.3 Å². The smallest absolute Gasteiger partial charge is 0.247 e. The average Bonchev–Trinajstić information content (AvgIpc) is 3.17. The summed E-state index contributed by atoms with van der Waals surface area (Å²) in [5.74, 6) is 0.915. The highest BCUT2D eigenvalue weighted by Crippen LogP contribution is 2.23. The molecule has 9 heteroatoms. The first kappa shape index (κ1) is 18.6. The highest BCUT2D eigenvalue weighted by atomic mass is 32.2. The molecule has 4 heterocycles. The molecule has 0 spiro atoms. The predicted molar refractivity (Wildman–Crippen MR) is 117 cm³/mol. The molecule has 30 heavy (non-hydrogen) atoms. The largest absolute Gasteiger partial charge is 0.369 e. The number of hydrogen-bond acceptors (Lipinski definition) is 7. The summed E-state index contributed by atoms with van der Waals surface area (Å²) in [7, 11) is -2.89. The minimum Gasteiger partial charge on any atom is -0.369 e. The van der Waals surface area contributed by atoms with E-state index in [0.717, 1.165) is 28.3 Å². The molecule has 0 saturated carbocycles. The molecule has 4 aromatic rings. The lowest BCUT2D eigenvalue weighted by molar-refractivity contribution is 0.587. The highest BCUT2D eigenvalue weighted by Gasteiger charge is 2.21. The number of anilines is 3. The Balaban J connectivity index is 1.36. The first-order valence-electron chi connectivity index (χ1n) is 9.66. The Bertz CT molecular complexity index is 1270. The van der Waals surface area contributed by atoms with E-state index in [-0.39, 0.29) is 11.5 Å². The third kappa shape index (κ3) is 3.71. The molecule has 0 bridgehead atoms. The van der Waals surface area contributed by atoms with E-state index in [0.29, 0.717) is 19.0 Å². The van der Waals surface area contributed by atoms with E-state index in [9.17, 15) is 8.42 Å². The van der Waals surface area contributed by atoms with Crippen molar-refractivity contribution in [1.82, 2.24) is 19.6 Å². The fourth-order valence-corrected chi connectivity index (χ4v) is 4.75. The van der Waals surface area contributed by atoms with Crippen molar-refractivity contribution >= 4 is 32.8 Å². The Morgan fingerprint density at radius 3 is 2.47 bits per heavy atom. The number of benzene rings is 1. The molecule has 0 unspecified atom stereocenters. The quantitative estimate of drug-likeness (QED) is 0.543. The summed E-state index contributed by atoms with van der Waals surface area (Å²) in [5, 5.41) is 7.84. The molecule has 3 aromatic heterocycles. The Morgan fingerprint density at radius 1 is 0.933 bits per heavy atom. The Morgan fingerprint density at radius 2 is 1.73 bits per heavy atom. The Labute approximate surface area is 174 Å². The van der Waals surface area contributed by atoms with Crippen LogP contribution >= 0.6 is 0 Å². The van der Waals surface area contributed by atoms with Gasteiger partial charge in [0.05, 0.1) is 17.2 Å². The molecule has 5 rings (SSSR count). The molecular formula is C21H20N6O2S. The van der Waals surface area contributed by atoms with E-state index in [1.54, 1.807) is 16.9 Å². The molecule has 0 aliphatic carbocycles.